The molecule has 1 aromatic rings. The molecule has 0 saturated heterocycles. The van der Waals surface area contributed by atoms with E-state index in [9.17, 15) is 13.6 Å². The first-order chi connectivity index (χ1) is 7.84. The standard InChI is InChI=1S/C10H11ClF2N2O2/c11-7-1-6(2-8(14)3-7)9(17)15-4-10(12,13)5-16/h1-3,16H,4-5,14H2,(H,15,17). The highest BCUT2D eigenvalue weighted by molar-refractivity contribution is 6.31. The molecule has 0 atom stereocenters. The number of anilines is 1. The van der Waals surface area contributed by atoms with E-state index in [1.165, 1.54) is 18.2 Å². The number of hydrogen-bond donors (Lipinski definition) is 3. The summed E-state index contributed by atoms with van der Waals surface area (Å²) in [5.41, 5.74) is 5.80. The molecular weight excluding hydrogens is 254 g/mol. The van der Waals surface area contributed by atoms with E-state index in [0.717, 1.165) is 0 Å². The summed E-state index contributed by atoms with van der Waals surface area (Å²) < 4.78 is 25.3. The number of carbonyl (C=O) groups excluding carboxylic acids is 1. The first kappa shape index (κ1) is 13.7. The molecule has 0 aliphatic carbocycles. The van der Waals surface area contributed by atoms with Crippen molar-refractivity contribution in [3.8, 4) is 0 Å². The first-order valence-corrected chi connectivity index (χ1v) is 5.05. The molecule has 1 aromatic carbocycles. The van der Waals surface area contributed by atoms with Gasteiger partial charge in [-0.15, -0.1) is 0 Å². The average Bonchev–Trinajstić information content (AvgIpc) is 2.24. The van der Waals surface area contributed by atoms with Crippen LogP contribution >= 0.6 is 11.6 Å². The highest BCUT2D eigenvalue weighted by atomic mass is 35.5. The number of alkyl halides is 2. The first-order valence-electron chi connectivity index (χ1n) is 4.67. The molecule has 0 heterocycles. The van der Waals surface area contributed by atoms with Gasteiger partial charge in [0, 0.05) is 16.3 Å². The van der Waals surface area contributed by atoms with Gasteiger partial charge >= 0.3 is 0 Å². The molecule has 1 amide bonds. The van der Waals surface area contributed by atoms with Crippen LogP contribution in [0.15, 0.2) is 18.2 Å². The summed E-state index contributed by atoms with van der Waals surface area (Å²) in [5.74, 6) is -4.08. The van der Waals surface area contributed by atoms with Gasteiger partial charge in [0.2, 0.25) is 0 Å². The molecule has 0 bridgehead atoms. The minimum atomic E-state index is -3.35. The van der Waals surface area contributed by atoms with Gasteiger partial charge in [0.1, 0.15) is 6.61 Å². The molecule has 0 radical (unpaired) electrons. The van der Waals surface area contributed by atoms with Crippen LogP contribution in [0.3, 0.4) is 0 Å². The highest BCUT2D eigenvalue weighted by Crippen LogP contribution is 2.17. The van der Waals surface area contributed by atoms with E-state index >= 15 is 0 Å². The minimum absolute atomic E-state index is 0.0868. The van der Waals surface area contributed by atoms with Gasteiger partial charge in [-0.05, 0) is 18.2 Å². The molecule has 7 heteroatoms. The van der Waals surface area contributed by atoms with Crippen molar-refractivity contribution < 1.29 is 18.7 Å². The zero-order valence-corrected chi connectivity index (χ0v) is 9.47. The largest absolute Gasteiger partial charge is 0.399 e. The lowest BCUT2D eigenvalue weighted by atomic mass is 10.2. The van der Waals surface area contributed by atoms with E-state index in [-0.39, 0.29) is 16.3 Å². The summed E-state index contributed by atoms with van der Waals surface area (Å²) >= 11 is 5.66. The van der Waals surface area contributed by atoms with Crippen molar-refractivity contribution in [2.24, 2.45) is 0 Å². The molecule has 0 fully saturated rings. The lowest BCUT2D eigenvalue weighted by Gasteiger charge is -2.14. The van der Waals surface area contributed by atoms with Crippen molar-refractivity contribution in [3.63, 3.8) is 0 Å². The maximum atomic E-state index is 12.7. The Morgan fingerprint density at radius 2 is 2.12 bits per heavy atom. The van der Waals surface area contributed by atoms with Gasteiger partial charge in [-0.2, -0.15) is 0 Å². The Balaban J connectivity index is 2.70. The van der Waals surface area contributed by atoms with Crippen LogP contribution in [0.2, 0.25) is 5.02 Å². The van der Waals surface area contributed by atoms with Crippen LogP contribution in [0, 0.1) is 0 Å². The SMILES string of the molecule is Nc1cc(Cl)cc(C(=O)NCC(F)(F)CO)c1. The number of nitrogen functional groups attached to an aromatic ring is 1. The zero-order valence-electron chi connectivity index (χ0n) is 8.71. The lowest BCUT2D eigenvalue weighted by molar-refractivity contribution is -0.0462. The fourth-order valence-electron chi connectivity index (χ4n) is 1.11. The van der Waals surface area contributed by atoms with E-state index in [0.29, 0.717) is 0 Å². The van der Waals surface area contributed by atoms with Crippen molar-refractivity contribution in [3.05, 3.63) is 28.8 Å². The van der Waals surface area contributed by atoms with Crippen LogP contribution in [-0.2, 0) is 0 Å². The molecule has 0 aliphatic rings. The number of carbonyl (C=O) groups is 1. The molecule has 0 spiro atoms. The Bertz CT molecular complexity index is 407. The van der Waals surface area contributed by atoms with Crippen LogP contribution in [0.5, 0.6) is 0 Å². The highest BCUT2D eigenvalue weighted by Gasteiger charge is 2.28. The van der Waals surface area contributed by atoms with Crippen LogP contribution < -0.4 is 11.1 Å². The average molecular weight is 265 g/mol. The van der Waals surface area contributed by atoms with E-state index in [2.05, 4.69) is 0 Å². The molecule has 0 aliphatic heterocycles. The summed E-state index contributed by atoms with van der Waals surface area (Å²) in [4.78, 5) is 11.5. The summed E-state index contributed by atoms with van der Waals surface area (Å²) in [6, 6.07) is 4.06. The summed E-state index contributed by atoms with van der Waals surface area (Å²) in [6.07, 6.45) is 0. The summed E-state index contributed by atoms with van der Waals surface area (Å²) in [6.45, 7) is -2.28. The predicted molar refractivity (Wildman–Crippen MR) is 60.2 cm³/mol. The fraction of sp³-hybridized carbons (Fsp3) is 0.300. The molecule has 4 N–H and O–H groups in total. The van der Waals surface area contributed by atoms with Gasteiger partial charge in [-0.25, -0.2) is 8.78 Å². The smallest absolute Gasteiger partial charge is 0.287 e. The zero-order chi connectivity index (χ0) is 13.1. The number of benzene rings is 1. The van der Waals surface area contributed by atoms with E-state index in [4.69, 9.17) is 22.4 Å². The molecular formula is C10H11ClF2N2O2. The Morgan fingerprint density at radius 3 is 2.65 bits per heavy atom. The third kappa shape index (κ3) is 4.16. The Labute approximate surface area is 101 Å². The van der Waals surface area contributed by atoms with Crippen LogP contribution in [0.4, 0.5) is 14.5 Å². The van der Waals surface area contributed by atoms with E-state index < -0.39 is 25.0 Å². The molecule has 4 nitrogen and oxygen atoms in total. The van der Waals surface area contributed by atoms with E-state index in [1.807, 2.05) is 5.32 Å². The van der Waals surface area contributed by atoms with Gasteiger partial charge in [-0.1, -0.05) is 11.6 Å². The number of aliphatic hydroxyl groups is 1. The van der Waals surface area contributed by atoms with Crippen molar-refractivity contribution in [1.29, 1.82) is 0 Å². The Kier molecular flexibility index (Phi) is 4.25. The second-order valence-electron chi connectivity index (χ2n) is 3.47. The minimum Gasteiger partial charge on any atom is -0.399 e. The van der Waals surface area contributed by atoms with Gasteiger partial charge in [0.25, 0.3) is 11.8 Å². The topological polar surface area (TPSA) is 75.4 Å². The predicted octanol–water partition coefficient (Wildman–Crippen LogP) is 1.28. The van der Waals surface area contributed by atoms with Crippen molar-refractivity contribution in [1.82, 2.24) is 5.32 Å². The molecule has 0 aromatic heterocycles. The second-order valence-corrected chi connectivity index (χ2v) is 3.91. The number of halogens is 3. The van der Waals surface area contributed by atoms with Crippen molar-refractivity contribution >= 4 is 23.2 Å². The fourth-order valence-corrected chi connectivity index (χ4v) is 1.35. The van der Waals surface area contributed by atoms with E-state index in [1.54, 1.807) is 0 Å². The number of amides is 1. The second kappa shape index (κ2) is 5.29. The molecule has 94 valence electrons. The van der Waals surface area contributed by atoms with Crippen LogP contribution in [0.1, 0.15) is 10.4 Å². The van der Waals surface area contributed by atoms with Crippen molar-refractivity contribution in [2.45, 2.75) is 5.92 Å². The van der Waals surface area contributed by atoms with Gasteiger partial charge in [0.15, 0.2) is 0 Å². The molecule has 0 saturated carbocycles. The maximum Gasteiger partial charge on any atom is 0.287 e. The van der Waals surface area contributed by atoms with Crippen LogP contribution in [0.25, 0.3) is 0 Å². The number of nitrogens with one attached hydrogen (secondary N) is 1. The maximum absolute atomic E-state index is 12.7. The Hall–Kier alpha value is -1.40. The lowest BCUT2D eigenvalue weighted by Crippen LogP contribution is -2.39. The number of aliphatic hydroxyl groups excluding tert-OH is 1. The monoisotopic (exact) mass is 264 g/mol. The Morgan fingerprint density at radius 1 is 1.47 bits per heavy atom. The molecule has 0 unspecified atom stereocenters. The van der Waals surface area contributed by atoms with Crippen LogP contribution in [-0.4, -0.2) is 30.1 Å². The number of rotatable bonds is 4. The summed E-state index contributed by atoms with van der Waals surface area (Å²) in [7, 11) is 0. The van der Waals surface area contributed by atoms with Gasteiger partial charge < -0.3 is 16.2 Å². The van der Waals surface area contributed by atoms with Gasteiger partial charge in [-0.3, -0.25) is 4.79 Å². The molecule has 17 heavy (non-hydrogen) atoms. The van der Waals surface area contributed by atoms with Crippen molar-refractivity contribution in [2.75, 3.05) is 18.9 Å². The number of nitrogens with two attached hydrogens (primary N) is 1. The quantitative estimate of drug-likeness (QED) is 0.717. The molecule has 1 rings (SSSR count). The van der Waals surface area contributed by atoms with Gasteiger partial charge in [0.05, 0.1) is 6.54 Å². The third-order valence-corrected chi connectivity index (χ3v) is 2.14. The third-order valence-electron chi connectivity index (χ3n) is 1.92. The normalized spacial score (nSPS) is 11.3. The number of hydrogen-bond acceptors (Lipinski definition) is 3. The summed E-state index contributed by atoms with van der Waals surface area (Å²) in [5, 5.41) is 10.5.